The molecule has 0 aromatic carbocycles. The molecule has 0 bridgehead atoms. The molecule has 0 aliphatic heterocycles. The van der Waals surface area contributed by atoms with Crippen molar-refractivity contribution in [3.05, 3.63) is 11.6 Å². The Labute approximate surface area is 111 Å². The molecular formula is C12H19N5O2. The van der Waals surface area contributed by atoms with Gasteiger partial charge in [0.1, 0.15) is 5.82 Å². The third kappa shape index (κ3) is 4.04. The molecule has 104 valence electrons. The molecular weight excluding hydrogens is 246 g/mol. The van der Waals surface area contributed by atoms with Crippen molar-refractivity contribution in [1.82, 2.24) is 25.8 Å². The van der Waals surface area contributed by atoms with Crippen molar-refractivity contribution in [2.75, 3.05) is 13.1 Å². The van der Waals surface area contributed by atoms with Gasteiger partial charge in [-0.3, -0.25) is 14.7 Å². The summed E-state index contributed by atoms with van der Waals surface area (Å²) in [6, 6.07) is 0. The number of aromatic nitrogens is 3. The van der Waals surface area contributed by atoms with Crippen LogP contribution in [0.4, 0.5) is 0 Å². The SMILES string of the molecule is CC(C)CNC(=O)CNC(=O)c1n[nH]c(C2CC2)n1. The van der Waals surface area contributed by atoms with Gasteiger partial charge in [0.25, 0.3) is 5.91 Å². The summed E-state index contributed by atoms with van der Waals surface area (Å²) in [6.45, 7) is 4.55. The highest BCUT2D eigenvalue weighted by molar-refractivity contribution is 5.93. The van der Waals surface area contributed by atoms with E-state index in [-0.39, 0.29) is 18.3 Å². The third-order valence-electron chi connectivity index (χ3n) is 2.79. The van der Waals surface area contributed by atoms with Crippen molar-refractivity contribution >= 4 is 11.8 Å². The number of carbonyl (C=O) groups is 2. The average Bonchev–Trinajstić information content (AvgIpc) is 3.11. The minimum Gasteiger partial charge on any atom is -0.354 e. The van der Waals surface area contributed by atoms with E-state index in [1.807, 2.05) is 13.8 Å². The van der Waals surface area contributed by atoms with E-state index in [0.29, 0.717) is 18.4 Å². The maximum atomic E-state index is 11.7. The molecule has 0 spiro atoms. The van der Waals surface area contributed by atoms with Crippen LogP contribution in [0.15, 0.2) is 0 Å². The number of aromatic amines is 1. The topological polar surface area (TPSA) is 99.8 Å². The Kier molecular flexibility index (Phi) is 4.13. The highest BCUT2D eigenvalue weighted by atomic mass is 16.2. The Morgan fingerprint density at radius 2 is 2.11 bits per heavy atom. The molecule has 1 aromatic rings. The fraction of sp³-hybridized carbons (Fsp3) is 0.667. The molecule has 0 radical (unpaired) electrons. The molecule has 1 heterocycles. The maximum absolute atomic E-state index is 11.7. The van der Waals surface area contributed by atoms with E-state index < -0.39 is 5.91 Å². The van der Waals surface area contributed by atoms with Gasteiger partial charge in [-0.05, 0) is 18.8 Å². The van der Waals surface area contributed by atoms with Crippen molar-refractivity contribution in [2.24, 2.45) is 5.92 Å². The zero-order valence-corrected chi connectivity index (χ0v) is 11.2. The van der Waals surface area contributed by atoms with E-state index in [9.17, 15) is 9.59 Å². The van der Waals surface area contributed by atoms with Crippen molar-refractivity contribution < 1.29 is 9.59 Å². The summed E-state index contributed by atoms with van der Waals surface area (Å²) in [4.78, 5) is 27.3. The number of hydrogen-bond acceptors (Lipinski definition) is 4. The standard InChI is InChI=1S/C12H19N5O2/c1-7(2)5-13-9(18)6-14-12(19)11-15-10(16-17-11)8-3-4-8/h7-8H,3-6H2,1-2H3,(H,13,18)(H,14,19)(H,15,16,17). The molecule has 0 unspecified atom stereocenters. The molecule has 1 aliphatic rings. The van der Waals surface area contributed by atoms with Gasteiger partial charge in [0.2, 0.25) is 11.7 Å². The Morgan fingerprint density at radius 3 is 2.74 bits per heavy atom. The Hall–Kier alpha value is -1.92. The summed E-state index contributed by atoms with van der Waals surface area (Å²) in [6.07, 6.45) is 2.18. The quantitative estimate of drug-likeness (QED) is 0.683. The maximum Gasteiger partial charge on any atom is 0.291 e. The molecule has 1 fully saturated rings. The summed E-state index contributed by atoms with van der Waals surface area (Å²) in [5.74, 6) is 1.02. The normalized spacial score (nSPS) is 14.5. The van der Waals surface area contributed by atoms with Gasteiger partial charge in [-0.1, -0.05) is 13.8 Å². The van der Waals surface area contributed by atoms with Gasteiger partial charge in [0.15, 0.2) is 0 Å². The monoisotopic (exact) mass is 265 g/mol. The van der Waals surface area contributed by atoms with Gasteiger partial charge >= 0.3 is 0 Å². The van der Waals surface area contributed by atoms with Crippen molar-refractivity contribution in [3.8, 4) is 0 Å². The van der Waals surface area contributed by atoms with Gasteiger partial charge in [0.05, 0.1) is 6.54 Å². The minimum atomic E-state index is -0.428. The van der Waals surface area contributed by atoms with E-state index in [4.69, 9.17) is 0 Å². The predicted octanol–water partition coefficient (Wildman–Crippen LogP) is 0.184. The number of hydrogen-bond donors (Lipinski definition) is 3. The van der Waals surface area contributed by atoms with E-state index in [1.165, 1.54) is 0 Å². The number of rotatable bonds is 6. The molecule has 1 saturated carbocycles. The van der Waals surface area contributed by atoms with Gasteiger partial charge in [0, 0.05) is 12.5 Å². The van der Waals surface area contributed by atoms with Crippen LogP contribution in [0.25, 0.3) is 0 Å². The van der Waals surface area contributed by atoms with Crippen LogP contribution in [-0.2, 0) is 4.79 Å². The molecule has 1 aromatic heterocycles. The summed E-state index contributed by atoms with van der Waals surface area (Å²) in [7, 11) is 0. The fourth-order valence-corrected chi connectivity index (χ4v) is 1.54. The summed E-state index contributed by atoms with van der Waals surface area (Å²) >= 11 is 0. The Morgan fingerprint density at radius 1 is 1.37 bits per heavy atom. The van der Waals surface area contributed by atoms with Crippen molar-refractivity contribution in [2.45, 2.75) is 32.6 Å². The summed E-state index contributed by atoms with van der Waals surface area (Å²) < 4.78 is 0. The molecule has 3 N–H and O–H groups in total. The first kappa shape index (κ1) is 13.5. The molecule has 1 aliphatic carbocycles. The van der Waals surface area contributed by atoms with Crippen LogP contribution in [0.1, 0.15) is 49.1 Å². The lowest BCUT2D eigenvalue weighted by atomic mass is 10.2. The zero-order chi connectivity index (χ0) is 13.8. The number of H-pyrrole nitrogens is 1. The van der Waals surface area contributed by atoms with Gasteiger partial charge in [-0.2, -0.15) is 0 Å². The second-order valence-corrected chi connectivity index (χ2v) is 5.20. The lowest BCUT2D eigenvalue weighted by molar-refractivity contribution is -0.120. The van der Waals surface area contributed by atoms with E-state index >= 15 is 0 Å². The first-order chi connectivity index (χ1) is 9.06. The van der Waals surface area contributed by atoms with Crippen LogP contribution in [-0.4, -0.2) is 40.1 Å². The Bertz CT molecular complexity index is 464. The van der Waals surface area contributed by atoms with Crippen molar-refractivity contribution in [3.63, 3.8) is 0 Å². The van der Waals surface area contributed by atoms with Crippen LogP contribution in [0.3, 0.4) is 0 Å². The number of amides is 2. The highest BCUT2D eigenvalue weighted by Gasteiger charge is 2.28. The number of carbonyl (C=O) groups excluding carboxylic acids is 2. The number of nitrogens with zero attached hydrogens (tertiary/aromatic N) is 2. The number of nitrogens with one attached hydrogen (secondary N) is 3. The van der Waals surface area contributed by atoms with E-state index in [2.05, 4.69) is 25.8 Å². The van der Waals surface area contributed by atoms with Gasteiger partial charge in [-0.15, -0.1) is 5.10 Å². The molecule has 19 heavy (non-hydrogen) atoms. The fourth-order valence-electron chi connectivity index (χ4n) is 1.54. The van der Waals surface area contributed by atoms with E-state index in [0.717, 1.165) is 18.7 Å². The smallest absolute Gasteiger partial charge is 0.291 e. The van der Waals surface area contributed by atoms with Crippen LogP contribution in [0.5, 0.6) is 0 Å². The zero-order valence-electron chi connectivity index (χ0n) is 11.2. The highest BCUT2D eigenvalue weighted by Crippen LogP contribution is 2.37. The second-order valence-electron chi connectivity index (χ2n) is 5.20. The van der Waals surface area contributed by atoms with Crippen LogP contribution < -0.4 is 10.6 Å². The first-order valence-electron chi connectivity index (χ1n) is 6.53. The van der Waals surface area contributed by atoms with Crippen LogP contribution in [0, 0.1) is 5.92 Å². The molecule has 2 rings (SSSR count). The third-order valence-corrected chi connectivity index (χ3v) is 2.79. The van der Waals surface area contributed by atoms with Gasteiger partial charge in [-0.25, -0.2) is 4.98 Å². The molecule has 7 heteroatoms. The lowest BCUT2D eigenvalue weighted by Gasteiger charge is -2.07. The Balaban J connectivity index is 1.75. The van der Waals surface area contributed by atoms with Crippen LogP contribution in [0.2, 0.25) is 0 Å². The predicted molar refractivity (Wildman–Crippen MR) is 68.5 cm³/mol. The van der Waals surface area contributed by atoms with Crippen molar-refractivity contribution in [1.29, 1.82) is 0 Å². The van der Waals surface area contributed by atoms with Gasteiger partial charge < -0.3 is 10.6 Å². The van der Waals surface area contributed by atoms with E-state index in [1.54, 1.807) is 0 Å². The average molecular weight is 265 g/mol. The minimum absolute atomic E-state index is 0.0567. The lowest BCUT2D eigenvalue weighted by Crippen LogP contribution is -2.38. The second kappa shape index (κ2) is 5.81. The largest absolute Gasteiger partial charge is 0.354 e. The molecule has 2 amide bonds. The molecule has 0 saturated heterocycles. The molecule has 0 atom stereocenters. The first-order valence-corrected chi connectivity index (χ1v) is 6.53. The molecule has 7 nitrogen and oxygen atoms in total. The summed E-state index contributed by atoms with van der Waals surface area (Å²) in [5.41, 5.74) is 0. The summed E-state index contributed by atoms with van der Waals surface area (Å²) in [5, 5.41) is 11.8. The van der Waals surface area contributed by atoms with Crippen LogP contribution >= 0.6 is 0 Å².